The lowest BCUT2D eigenvalue weighted by Crippen LogP contribution is -2.29. The molecule has 2 heterocycles. The van der Waals surface area contributed by atoms with Crippen LogP contribution in [-0.4, -0.2) is 4.33 Å². The van der Waals surface area contributed by atoms with E-state index in [1.165, 1.54) is 5.56 Å². The van der Waals surface area contributed by atoms with Gasteiger partial charge in [-0.2, -0.15) is 0 Å². The number of thiophene rings is 1. The summed E-state index contributed by atoms with van der Waals surface area (Å²) in [5, 5.41) is 2.04. The SMILES string of the molecule is C[C@@]12Cc3ccccc3O[C@@]1(c1cccs1)C2(Cl)Cl. The third-order valence-electron chi connectivity index (χ3n) is 4.50. The Morgan fingerprint density at radius 1 is 1.16 bits per heavy atom. The Balaban J connectivity index is 1.92. The van der Waals surface area contributed by atoms with Gasteiger partial charge in [-0.1, -0.05) is 54.4 Å². The van der Waals surface area contributed by atoms with E-state index in [1.807, 2.05) is 29.6 Å². The number of para-hydroxylation sites is 1. The van der Waals surface area contributed by atoms with Crippen molar-refractivity contribution in [2.75, 3.05) is 0 Å². The van der Waals surface area contributed by atoms with Crippen molar-refractivity contribution >= 4 is 34.5 Å². The Morgan fingerprint density at radius 3 is 2.68 bits per heavy atom. The first-order chi connectivity index (χ1) is 9.03. The molecule has 1 saturated carbocycles. The van der Waals surface area contributed by atoms with Gasteiger partial charge in [0.1, 0.15) is 5.75 Å². The lowest BCUT2D eigenvalue weighted by molar-refractivity contribution is 0.115. The molecule has 2 atom stereocenters. The first-order valence-electron chi connectivity index (χ1n) is 6.22. The van der Waals surface area contributed by atoms with Crippen molar-refractivity contribution in [3.8, 4) is 5.75 Å². The van der Waals surface area contributed by atoms with Gasteiger partial charge in [-0.05, 0) is 29.5 Å². The van der Waals surface area contributed by atoms with Crippen LogP contribution in [-0.2, 0) is 12.0 Å². The van der Waals surface area contributed by atoms with Gasteiger partial charge in [-0.25, -0.2) is 0 Å². The molecule has 4 rings (SSSR count). The predicted molar refractivity (Wildman–Crippen MR) is 79.3 cm³/mol. The maximum absolute atomic E-state index is 6.64. The molecule has 1 nitrogen and oxygen atoms in total. The summed E-state index contributed by atoms with van der Waals surface area (Å²) in [5.74, 6) is 0.900. The highest BCUT2D eigenvalue weighted by molar-refractivity contribution is 7.10. The molecule has 0 unspecified atom stereocenters. The average Bonchev–Trinajstić information content (AvgIpc) is 2.82. The van der Waals surface area contributed by atoms with Crippen LogP contribution in [0.25, 0.3) is 0 Å². The number of hydrogen-bond donors (Lipinski definition) is 0. The maximum Gasteiger partial charge on any atom is 0.185 e. The number of rotatable bonds is 1. The third kappa shape index (κ3) is 1.19. The summed E-state index contributed by atoms with van der Waals surface area (Å²) in [6, 6.07) is 12.2. The molecule has 1 aromatic heterocycles. The van der Waals surface area contributed by atoms with Crippen LogP contribution in [0.15, 0.2) is 41.8 Å². The van der Waals surface area contributed by atoms with Crippen molar-refractivity contribution in [3.63, 3.8) is 0 Å². The Labute approximate surface area is 126 Å². The van der Waals surface area contributed by atoms with Crippen LogP contribution in [0, 0.1) is 5.41 Å². The van der Waals surface area contributed by atoms with Gasteiger partial charge in [-0.3, -0.25) is 0 Å². The smallest absolute Gasteiger partial charge is 0.185 e. The highest BCUT2D eigenvalue weighted by Gasteiger charge is 2.89. The normalized spacial score (nSPS) is 34.1. The van der Waals surface area contributed by atoms with E-state index in [4.69, 9.17) is 27.9 Å². The zero-order valence-corrected chi connectivity index (χ0v) is 12.6. The Hall–Kier alpha value is -0.700. The van der Waals surface area contributed by atoms with Gasteiger partial charge in [0.05, 0.1) is 10.3 Å². The number of alkyl halides is 2. The molecule has 98 valence electrons. The summed E-state index contributed by atoms with van der Waals surface area (Å²) in [6.45, 7) is 2.11. The number of ether oxygens (including phenoxy) is 1. The van der Waals surface area contributed by atoms with Crippen LogP contribution in [0.3, 0.4) is 0 Å². The van der Waals surface area contributed by atoms with E-state index in [0.29, 0.717) is 0 Å². The molecule has 4 heteroatoms. The monoisotopic (exact) mass is 310 g/mol. The lowest BCUT2D eigenvalue weighted by Gasteiger charge is -2.29. The number of hydrogen-bond acceptors (Lipinski definition) is 2. The van der Waals surface area contributed by atoms with Crippen LogP contribution in [0.4, 0.5) is 0 Å². The minimum Gasteiger partial charge on any atom is -0.478 e. The first-order valence-corrected chi connectivity index (χ1v) is 7.85. The number of halogens is 2. The second kappa shape index (κ2) is 3.49. The van der Waals surface area contributed by atoms with Gasteiger partial charge in [-0.15, -0.1) is 11.3 Å². The summed E-state index contributed by atoms with van der Waals surface area (Å²) in [6.07, 6.45) is 0.841. The minimum atomic E-state index is -0.885. The Bertz CT molecular complexity index is 652. The molecular weight excluding hydrogens is 299 g/mol. The van der Waals surface area contributed by atoms with E-state index in [2.05, 4.69) is 19.1 Å². The summed E-state index contributed by atoms with van der Waals surface area (Å²) in [7, 11) is 0. The van der Waals surface area contributed by atoms with E-state index in [9.17, 15) is 0 Å². The highest BCUT2D eigenvalue weighted by Crippen LogP contribution is 2.81. The average molecular weight is 311 g/mol. The van der Waals surface area contributed by atoms with Gasteiger partial charge in [0.25, 0.3) is 0 Å². The van der Waals surface area contributed by atoms with Crippen molar-refractivity contribution in [1.82, 2.24) is 0 Å². The molecule has 0 amide bonds. The molecule has 1 aromatic carbocycles. The van der Waals surface area contributed by atoms with Crippen molar-refractivity contribution in [1.29, 1.82) is 0 Å². The quantitative estimate of drug-likeness (QED) is 0.689. The van der Waals surface area contributed by atoms with Gasteiger partial charge in [0.15, 0.2) is 9.93 Å². The van der Waals surface area contributed by atoms with E-state index < -0.39 is 9.93 Å². The first kappa shape index (κ1) is 12.1. The summed E-state index contributed by atoms with van der Waals surface area (Å²) in [5.41, 5.74) is 0.300. The molecule has 1 aliphatic carbocycles. The van der Waals surface area contributed by atoms with E-state index in [-0.39, 0.29) is 5.41 Å². The molecule has 1 fully saturated rings. The van der Waals surface area contributed by atoms with Crippen molar-refractivity contribution < 1.29 is 4.74 Å². The van der Waals surface area contributed by atoms with Crippen LogP contribution >= 0.6 is 34.5 Å². The fourth-order valence-corrected chi connectivity index (χ4v) is 5.48. The van der Waals surface area contributed by atoms with Crippen LogP contribution in [0.1, 0.15) is 17.4 Å². The standard InChI is InChI=1S/C15H12Cl2OS/c1-13-9-10-5-2-3-6-11(10)18-14(13,15(13,16)17)12-7-4-8-19-12/h2-8H,9H2,1H3/t13-,14-/m1/s1. The van der Waals surface area contributed by atoms with Gasteiger partial charge < -0.3 is 4.74 Å². The number of fused-ring (bicyclic) bond motifs is 2. The largest absolute Gasteiger partial charge is 0.478 e. The fraction of sp³-hybridized carbons (Fsp3) is 0.333. The second-order valence-corrected chi connectivity index (χ2v) is 7.73. The van der Waals surface area contributed by atoms with E-state index in [0.717, 1.165) is 17.0 Å². The van der Waals surface area contributed by atoms with Crippen molar-refractivity contribution in [3.05, 3.63) is 52.2 Å². The second-order valence-electron chi connectivity index (χ2n) is 5.45. The molecular formula is C15H12Cl2OS. The molecule has 0 bridgehead atoms. The third-order valence-corrected chi connectivity index (χ3v) is 6.83. The van der Waals surface area contributed by atoms with Gasteiger partial charge in [0.2, 0.25) is 0 Å². The molecule has 0 radical (unpaired) electrons. The molecule has 0 saturated heterocycles. The van der Waals surface area contributed by atoms with Crippen molar-refractivity contribution in [2.24, 2.45) is 5.41 Å². The molecule has 1 aliphatic heterocycles. The van der Waals surface area contributed by atoms with E-state index in [1.54, 1.807) is 11.3 Å². The Morgan fingerprint density at radius 2 is 1.95 bits per heavy atom. The predicted octanol–water partition coefficient (Wildman–Crippen LogP) is 4.77. The van der Waals surface area contributed by atoms with Crippen molar-refractivity contribution in [2.45, 2.75) is 23.3 Å². The van der Waals surface area contributed by atoms with Gasteiger partial charge in [0, 0.05) is 0 Å². The molecule has 2 aromatic rings. The summed E-state index contributed by atoms with van der Waals surface area (Å²) >= 11 is 14.9. The molecule has 2 aliphatic rings. The molecule has 19 heavy (non-hydrogen) atoms. The maximum atomic E-state index is 6.64. The van der Waals surface area contributed by atoms with Gasteiger partial charge >= 0.3 is 0 Å². The van der Waals surface area contributed by atoms with Crippen LogP contribution in [0.5, 0.6) is 5.75 Å². The lowest BCUT2D eigenvalue weighted by atomic mass is 9.90. The summed E-state index contributed by atoms with van der Waals surface area (Å²) < 4.78 is 5.42. The topological polar surface area (TPSA) is 9.23 Å². The molecule has 0 N–H and O–H groups in total. The minimum absolute atomic E-state index is 0.275. The zero-order chi connectivity index (χ0) is 13.3. The fourth-order valence-electron chi connectivity index (χ4n) is 3.31. The summed E-state index contributed by atoms with van der Waals surface area (Å²) in [4.78, 5) is 1.11. The van der Waals surface area contributed by atoms with Crippen LogP contribution in [0.2, 0.25) is 0 Å². The number of benzene rings is 1. The zero-order valence-electron chi connectivity index (χ0n) is 10.3. The van der Waals surface area contributed by atoms with E-state index >= 15 is 0 Å². The Kier molecular flexibility index (Phi) is 2.22. The van der Waals surface area contributed by atoms with Crippen LogP contribution < -0.4 is 4.74 Å². The molecule has 0 spiro atoms. The highest BCUT2D eigenvalue weighted by atomic mass is 35.5.